The Kier molecular flexibility index (Phi) is 6.96. The minimum Gasteiger partial charge on any atom is -0.449 e. The van der Waals surface area contributed by atoms with E-state index < -0.39 is 22.1 Å². The number of rotatable bonds is 6. The van der Waals surface area contributed by atoms with Gasteiger partial charge in [-0.1, -0.05) is 17.5 Å². The molecule has 1 amide bonds. The SMILES string of the molecule is CON(C)S(=O)(=O)c1cccc(C(=O)OC(C)C(=O)N2CCC(C)CC2)c1. The number of carbonyl (C=O) groups excluding carboxylic acids is 2. The van der Waals surface area contributed by atoms with Gasteiger partial charge in [-0.05, 0) is 43.9 Å². The van der Waals surface area contributed by atoms with E-state index >= 15 is 0 Å². The fraction of sp³-hybridized carbons (Fsp3) is 0.556. The number of hydrogen-bond acceptors (Lipinski definition) is 6. The number of benzene rings is 1. The van der Waals surface area contributed by atoms with E-state index in [0.29, 0.717) is 23.5 Å². The maximum atomic E-state index is 12.5. The molecule has 27 heavy (non-hydrogen) atoms. The Bertz CT molecular complexity index is 787. The monoisotopic (exact) mass is 398 g/mol. The van der Waals surface area contributed by atoms with Crippen LogP contribution in [0.5, 0.6) is 0 Å². The molecular weight excluding hydrogens is 372 g/mol. The zero-order valence-electron chi connectivity index (χ0n) is 16.0. The molecule has 0 radical (unpaired) electrons. The van der Waals surface area contributed by atoms with E-state index in [1.165, 1.54) is 45.3 Å². The molecule has 0 saturated carbocycles. The predicted octanol–water partition coefficient (Wildman–Crippen LogP) is 1.67. The van der Waals surface area contributed by atoms with Gasteiger partial charge in [0.05, 0.1) is 17.6 Å². The number of piperidine rings is 1. The summed E-state index contributed by atoms with van der Waals surface area (Å²) in [6.45, 7) is 4.98. The number of sulfonamides is 1. The van der Waals surface area contributed by atoms with E-state index in [1.807, 2.05) is 0 Å². The van der Waals surface area contributed by atoms with Crippen LogP contribution in [0, 0.1) is 5.92 Å². The van der Waals surface area contributed by atoms with Crippen LogP contribution in [0.4, 0.5) is 0 Å². The fourth-order valence-electron chi connectivity index (χ4n) is 2.80. The lowest BCUT2D eigenvalue weighted by Crippen LogP contribution is -2.44. The number of carbonyl (C=O) groups is 2. The molecule has 1 aromatic carbocycles. The maximum absolute atomic E-state index is 12.5. The van der Waals surface area contributed by atoms with Crippen molar-refractivity contribution in [3.05, 3.63) is 29.8 Å². The third-order valence-corrected chi connectivity index (χ3v) is 6.37. The summed E-state index contributed by atoms with van der Waals surface area (Å²) in [5.74, 6) is -0.404. The van der Waals surface area contributed by atoms with Crippen LogP contribution < -0.4 is 0 Å². The number of ether oxygens (including phenoxy) is 1. The minimum absolute atomic E-state index is 0.0486. The Morgan fingerprint density at radius 2 is 1.89 bits per heavy atom. The summed E-state index contributed by atoms with van der Waals surface area (Å²) in [4.78, 5) is 31.1. The molecule has 0 N–H and O–H groups in total. The van der Waals surface area contributed by atoms with Crippen LogP contribution in [0.15, 0.2) is 29.2 Å². The molecule has 1 aromatic rings. The van der Waals surface area contributed by atoms with Crippen molar-refractivity contribution in [2.24, 2.45) is 5.92 Å². The standard InChI is InChI=1S/C18H26N2O6S/c1-13-8-10-20(11-9-13)17(21)14(2)26-18(22)15-6-5-7-16(12-15)27(23,24)19(3)25-4/h5-7,12-14H,8-11H2,1-4H3. The van der Waals surface area contributed by atoms with E-state index in [0.717, 1.165) is 12.8 Å². The minimum atomic E-state index is -3.88. The van der Waals surface area contributed by atoms with E-state index in [9.17, 15) is 18.0 Å². The lowest BCUT2D eigenvalue weighted by atomic mass is 9.99. The van der Waals surface area contributed by atoms with Gasteiger partial charge in [0.1, 0.15) is 0 Å². The van der Waals surface area contributed by atoms with Gasteiger partial charge >= 0.3 is 5.97 Å². The molecule has 0 bridgehead atoms. The van der Waals surface area contributed by atoms with Gasteiger partial charge in [-0.15, -0.1) is 0 Å². The second-order valence-electron chi connectivity index (χ2n) is 6.68. The second kappa shape index (κ2) is 8.81. The van der Waals surface area contributed by atoms with E-state index in [4.69, 9.17) is 9.57 Å². The summed E-state index contributed by atoms with van der Waals surface area (Å²) in [6, 6.07) is 5.43. The number of nitrogens with zero attached hydrogens (tertiary/aromatic N) is 2. The average molecular weight is 398 g/mol. The summed E-state index contributed by atoms with van der Waals surface area (Å²) >= 11 is 0. The van der Waals surface area contributed by atoms with Gasteiger partial charge in [0.25, 0.3) is 15.9 Å². The van der Waals surface area contributed by atoms with Gasteiger partial charge in [-0.3, -0.25) is 9.63 Å². The summed E-state index contributed by atoms with van der Waals surface area (Å²) in [7, 11) is -1.41. The van der Waals surface area contributed by atoms with Crippen LogP contribution in [-0.2, 0) is 24.4 Å². The van der Waals surface area contributed by atoms with Gasteiger partial charge in [0, 0.05) is 20.1 Å². The zero-order valence-corrected chi connectivity index (χ0v) is 16.9. The normalized spacial score (nSPS) is 17.0. The van der Waals surface area contributed by atoms with Crippen molar-refractivity contribution in [2.45, 2.75) is 37.7 Å². The molecule has 1 saturated heterocycles. The van der Waals surface area contributed by atoms with Crippen LogP contribution in [0.2, 0.25) is 0 Å². The summed E-state index contributed by atoms with van der Waals surface area (Å²) < 4.78 is 30.5. The maximum Gasteiger partial charge on any atom is 0.338 e. The molecule has 1 aliphatic heterocycles. The van der Waals surface area contributed by atoms with Crippen LogP contribution in [0.1, 0.15) is 37.0 Å². The van der Waals surface area contributed by atoms with Crippen LogP contribution >= 0.6 is 0 Å². The molecule has 150 valence electrons. The highest BCUT2D eigenvalue weighted by molar-refractivity contribution is 7.89. The van der Waals surface area contributed by atoms with Gasteiger partial charge in [-0.25, -0.2) is 13.2 Å². The summed E-state index contributed by atoms with van der Waals surface area (Å²) in [6.07, 6.45) is 0.923. The highest BCUT2D eigenvalue weighted by Crippen LogP contribution is 2.19. The Balaban J connectivity index is 2.07. The van der Waals surface area contributed by atoms with Crippen molar-refractivity contribution >= 4 is 21.9 Å². The topological polar surface area (TPSA) is 93.2 Å². The van der Waals surface area contributed by atoms with Crippen molar-refractivity contribution in [3.8, 4) is 0 Å². The lowest BCUT2D eigenvalue weighted by molar-refractivity contribution is -0.141. The third kappa shape index (κ3) is 5.06. The number of hydroxylamine groups is 1. The molecule has 1 unspecified atom stereocenters. The number of esters is 1. The first kappa shape index (κ1) is 21.3. The molecule has 8 nitrogen and oxygen atoms in total. The molecule has 0 aliphatic carbocycles. The molecule has 9 heteroatoms. The van der Waals surface area contributed by atoms with Crippen LogP contribution in [-0.4, -0.2) is 63.0 Å². The highest BCUT2D eigenvalue weighted by Gasteiger charge is 2.28. The first-order chi connectivity index (χ1) is 12.7. The quantitative estimate of drug-likeness (QED) is 0.535. The number of likely N-dealkylation sites (tertiary alicyclic amines) is 1. The van der Waals surface area contributed by atoms with Crippen molar-refractivity contribution in [3.63, 3.8) is 0 Å². The number of hydrogen-bond donors (Lipinski definition) is 0. The molecular formula is C18H26N2O6S. The van der Waals surface area contributed by atoms with Crippen molar-refractivity contribution in [1.82, 2.24) is 9.37 Å². The van der Waals surface area contributed by atoms with Gasteiger partial charge < -0.3 is 9.64 Å². The first-order valence-corrected chi connectivity index (χ1v) is 10.2. The van der Waals surface area contributed by atoms with E-state index in [2.05, 4.69) is 6.92 Å². The van der Waals surface area contributed by atoms with Crippen LogP contribution in [0.25, 0.3) is 0 Å². The average Bonchev–Trinajstić information content (AvgIpc) is 2.67. The second-order valence-corrected chi connectivity index (χ2v) is 8.62. The fourth-order valence-corrected chi connectivity index (χ4v) is 3.81. The Morgan fingerprint density at radius 3 is 2.48 bits per heavy atom. The molecule has 1 aliphatic rings. The molecule has 1 fully saturated rings. The smallest absolute Gasteiger partial charge is 0.338 e. The molecule has 1 atom stereocenters. The van der Waals surface area contributed by atoms with Crippen molar-refractivity contribution < 1.29 is 27.6 Å². The van der Waals surface area contributed by atoms with Crippen molar-refractivity contribution in [1.29, 1.82) is 0 Å². The zero-order chi connectivity index (χ0) is 20.2. The molecule has 1 heterocycles. The summed E-state index contributed by atoms with van der Waals surface area (Å²) in [5, 5.41) is 0. The Labute approximate surface area is 160 Å². The summed E-state index contributed by atoms with van der Waals surface area (Å²) in [5.41, 5.74) is 0.0486. The largest absolute Gasteiger partial charge is 0.449 e. The molecule has 0 aromatic heterocycles. The first-order valence-electron chi connectivity index (χ1n) is 8.79. The highest BCUT2D eigenvalue weighted by atomic mass is 32.2. The van der Waals surface area contributed by atoms with Crippen molar-refractivity contribution in [2.75, 3.05) is 27.2 Å². The third-order valence-electron chi connectivity index (χ3n) is 4.69. The Hall–Kier alpha value is -1.97. The van der Waals surface area contributed by atoms with Gasteiger partial charge in [-0.2, -0.15) is 0 Å². The van der Waals surface area contributed by atoms with E-state index in [-0.39, 0.29) is 16.4 Å². The van der Waals surface area contributed by atoms with Crippen LogP contribution in [0.3, 0.4) is 0 Å². The predicted molar refractivity (Wildman–Crippen MR) is 98.3 cm³/mol. The molecule has 0 spiro atoms. The Morgan fingerprint density at radius 1 is 1.26 bits per heavy atom. The molecule has 2 rings (SSSR count). The van der Waals surface area contributed by atoms with Gasteiger partial charge in [0.15, 0.2) is 6.10 Å². The van der Waals surface area contributed by atoms with Gasteiger partial charge in [0.2, 0.25) is 0 Å². The lowest BCUT2D eigenvalue weighted by Gasteiger charge is -2.31. The number of amides is 1. The van der Waals surface area contributed by atoms with E-state index in [1.54, 1.807) is 4.90 Å².